The number of nitrogens with zero attached hydrogens (tertiary/aromatic N) is 1. The largest absolute Gasteiger partial charge is 0.348 e. The van der Waals surface area contributed by atoms with Gasteiger partial charge >= 0.3 is 0 Å². The molecule has 2 amide bonds. The summed E-state index contributed by atoms with van der Waals surface area (Å²) in [6.45, 7) is 10.4. The highest BCUT2D eigenvalue weighted by Crippen LogP contribution is 2.22. The summed E-state index contributed by atoms with van der Waals surface area (Å²) in [4.78, 5) is 26.6. The van der Waals surface area contributed by atoms with Crippen LogP contribution in [0.3, 0.4) is 0 Å². The van der Waals surface area contributed by atoms with Crippen LogP contribution in [0.4, 0.5) is 5.69 Å². The summed E-state index contributed by atoms with van der Waals surface area (Å²) in [5.41, 5.74) is 6.40. The number of hydrogen-bond donors (Lipinski definition) is 2. The van der Waals surface area contributed by atoms with Gasteiger partial charge in [-0.25, -0.2) is 0 Å². The van der Waals surface area contributed by atoms with Crippen LogP contribution in [-0.2, 0) is 9.59 Å². The number of aryl methyl sites for hydroxylation is 4. The van der Waals surface area contributed by atoms with Gasteiger partial charge in [-0.15, -0.1) is 0 Å². The third-order valence-electron chi connectivity index (χ3n) is 4.99. The van der Waals surface area contributed by atoms with E-state index in [1.807, 2.05) is 46.8 Å². The number of amides is 2. The Morgan fingerprint density at radius 2 is 1.45 bits per heavy atom. The molecule has 0 aromatic heterocycles. The first-order valence-electron chi connectivity index (χ1n) is 10.1. The molecule has 156 valence electrons. The molecule has 2 rings (SSSR count). The van der Waals surface area contributed by atoms with E-state index in [2.05, 4.69) is 34.9 Å². The van der Waals surface area contributed by atoms with Crippen molar-refractivity contribution in [3.63, 3.8) is 0 Å². The van der Waals surface area contributed by atoms with Gasteiger partial charge in [0.25, 0.3) is 0 Å². The van der Waals surface area contributed by atoms with E-state index in [0.717, 1.165) is 28.8 Å². The van der Waals surface area contributed by atoms with Gasteiger partial charge in [-0.05, 0) is 57.9 Å². The van der Waals surface area contributed by atoms with Crippen LogP contribution < -0.4 is 10.6 Å². The average Bonchev–Trinajstić information content (AvgIpc) is 2.63. The zero-order valence-corrected chi connectivity index (χ0v) is 18.4. The van der Waals surface area contributed by atoms with Crippen LogP contribution in [0.2, 0.25) is 0 Å². The lowest BCUT2D eigenvalue weighted by molar-refractivity contribution is -0.123. The fourth-order valence-electron chi connectivity index (χ4n) is 3.56. The first-order chi connectivity index (χ1) is 13.7. The van der Waals surface area contributed by atoms with Crippen molar-refractivity contribution in [2.75, 3.05) is 25.5 Å². The second-order valence-corrected chi connectivity index (χ2v) is 7.93. The van der Waals surface area contributed by atoms with Crippen molar-refractivity contribution in [3.05, 3.63) is 64.2 Å². The van der Waals surface area contributed by atoms with Crippen LogP contribution in [0.15, 0.2) is 36.4 Å². The lowest BCUT2D eigenvalue weighted by Crippen LogP contribution is -2.40. The molecule has 0 fully saturated rings. The smallest absolute Gasteiger partial charge is 0.238 e. The predicted molar refractivity (Wildman–Crippen MR) is 119 cm³/mol. The summed E-state index contributed by atoms with van der Waals surface area (Å²) in [6.07, 6.45) is 0.810. The molecule has 5 heteroatoms. The van der Waals surface area contributed by atoms with Gasteiger partial charge in [-0.2, -0.15) is 0 Å². The number of carbonyl (C=O) groups is 2. The van der Waals surface area contributed by atoms with Crippen molar-refractivity contribution in [1.29, 1.82) is 0 Å². The van der Waals surface area contributed by atoms with Crippen LogP contribution in [0.1, 0.15) is 47.2 Å². The summed E-state index contributed by atoms with van der Waals surface area (Å²) in [6, 6.07) is 12.3. The molecule has 0 saturated heterocycles. The van der Waals surface area contributed by atoms with E-state index in [4.69, 9.17) is 0 Å². The molecule has 0 bridgehead atoms. The Hall–Kier alpha value is -2.66. The van der Waals surface area contributed by atoms with Crippen LogP contribution in [0.25, 0.3) is 0 Å². The van der Waals surface area contributed by atoms with Crippen molar-refractivity contribution < 1.29 is 9.59 Å². The SMILES string of the molecule is CC[C@H](NC(=O)CN(C)CC(=O)Nc1c(C)cc(C)cc1C)c1ccc(C)cc1. The maximum Gasteiger partial charge on any atom is 0.238 e. The Labute approximate surface area is 174 Å². The molecule has 29 heavy (non-hydrogen) atoms. The van der Waals surface area contributed by atoms with E-state index in [0.29, 0.717) is 0 Å². The number of benzene rings is 2. The first-order valence-corrected chi connectivity index (χ1v) is 10.1. The molecule has 2 N–H and O–H groups in total. The van der Waals surface area contributed by atoms with Gasteiger partial charge in [0.15, 0.2) is 0 Å². The number of likely N-dealkylation sites (N-methyl/N-ethyl adjacent to an activating group) is 1. The number of rotatable bonds is 8. The van der Waals surface area contributed by atoms with Crippen molar-refractivity contribution in [2.45, 2.75) is 47.1 Å². The van der Waals surface area contributed by atoms with E-state index in [1.165, 1.54) is 11.1 Å². The molecular weight excluding hydrogens is 362 g/mol. The molecular formula is C24H33N3O2. The zero-order valence-electron chi connectivity index (χ0n) is 18.4. The highest BCUT2D eigenvalue weighted by molar-refractivity contribution is 5.94. The third kappa shape index (κ3) is 6.71. The van der Waals surface area contributed by atoms with Crippen LogP contribution >= 0.6 is 0 Å². The van der Waals surface area contributed by atoms with Crippen molar-refractivity contribution in [2.24, 2.45) is 0 Å². The molecule has 2 aromatic carbocycles. The van der Waals surface area contributed by atoms with Gasteiger partial charge in [0.1, 0.15) is 0 Å². The number of hydrogen-bond acceptors (Lipinski definition) is 3. The van der Waals surface area contributed by atoms with E-state index in [9.17, 15) is 9.59 Å². The lowest BCUT2D eigenvalue weighted by Gasteiger charge is -2.21. The predicted octanol–water partition coefficient (Wildman–Crippen LogP) is 4.06. The Morgan fingerprint density at radius 1 is 0.897 bits per heavy atom. The summed E-state index contributed by atoms with van der Waals surface area (Å²) in [5, 5.41) is 6.05. The molecule has 0 spiro atoms. The Kier molecular flexibility index (Phi) is 7.97. The number of nitrogens with one attached hydrogen (secondary N) is 2. The number of anilines is 1. The van der Waals surface area contributed by atoms with Crippen LogP contribution in [0, 0.1) is 27.7 Å². The van der Waals surface area contributed by atoms with E-state index in [-0.39, 0.29) is 30.9 Å². The van der Waals surface area contributed by atoms with Gasteiger partial charge in [0.2, 0.25) is 11.8 Å². The van der Waals surface area contributed by atoms with Crippen molar-refractivity contribution in [1.82, 2.24) is 10.2 Å². The van der Waals surface area contributed by atoms with E-state index >= 15 is 0 Å². The molecule has 5 nitrogen and oxygen atoms in total. The Bertz CT molecular complexity index is 836. The normalized spacial score (nSPS) is 12.0. The molecule has 0 aliphatic carbocycles. The quantitative estimate of drug-likeness (QED) is 0.709. The van der Waals surface area contributed by atoms with Crippen LogP contribution in [0.5, 0.6) is 0 Å². The van der Waals surface area contributed by atoms with Gasteiger partial charge in [0, 0.05) is 5.69 Å². The monoisotopic (exact) mass is 395 g/mol. The van der Waals surface area contributed by atoms with Gasteiger partial charge in [0.05, 0.1) is 19.1 Å². The fraction of sp³-hybridized carbons (Fsp3) is 0.417. The highest BCUT2D eigenvalue weighted by Gasteiger charge is 2.16. The molecule has 0 aliphatic rings. The molecule has 1 atom stereocenters. The Balaban J connectivity index is 1.89. The third-order valence-corrected chi connectivity index (χ3v) is 4.99. The molecule has 0 saturated carbocycles. The topological polar surface area (TPSA) is 61.4 Å². The molecule has 0 unspecified atom stereocenters. The van der Waals surface area contributed by atoms with Crippen molar-refractivity contribution in [3.8, 4) is 0 Å². The lowest BCUT2D eigenvalue weighted by atomic mass is 10.0. The molecule has 0 radical (unpaired) electrons. The second-order valence-electron chi connectivity index (χ2n) is 7.93. The maximum atomic E-state index is 12.5. The number of carbonyl (C=O) groups excluding carboxylic acids is 2. The second kappa shape index (κ2) is 10.2. The van der Waals surface area contributed by atoms with Gasteiger partial charge < -0.3 is 10.6 Å². The standard InChI is InChI=1S/C24H33N3O2/c1-7-21(20-10-8-16(2)9-11-20)25-22(28)14-27(6)15-23(29)26-24-18(4)12-17(3)13-19(24)5/h8-13,21H,7,14-15H2,1-6H3,(H,25,28)(H,26,29)/t21-/m0/s1. The maximum absolute atomic E-state index is 12.5. The highest BCUT2D eigenvalue weighted by atomic mass is 16.2. The fourth-order valence-corrected chi connectivity index (χ4v) is 3.56. The first kappa shape index (κ1) is 22.6. The zero-order chi connectivity index (χ0) is 21.6. The molecule has 2 aromatic rings. The summed E-state index contributed by atoms with van der Waals surface area (Å²) in [5.74, 6) is -0.212. The minimum atomic E-state index is -0.124. The van der Waals surface area contributed by atoms with Crippen LogP contribution in [-0.4, -0.2) is 36.9 Å². The average molecular weight is 396 g/mol. The molecule has 0 aliphatic heterocycles. The van der Waals surface area contributed by atoms with Gasteiger partial charge in [-0.3, -0.25) is 14.5 Å². The minimum Gasteiger partial charge on any atom is -0.348 e. The van der Waals surface area contributed by atoms with E-state index < -0.39 is 0 Å². The minimum absolute atomic E-state index is 0.0248. The molecule has 0 heterocycles. The summed E-state index contributed by atoms with van der Waals surface area (Å²) >= 11 is 0. The van der Waals surface area contributed by atoms with E-state index in [1.54, 1.807) is 11.9 Å². The van der Waals surface area contributed by atoms with Crippen molar-refractivity contribution >= 4 is 17.5 Å². The Morgan fingerprint density at radius 3 is 2.00 bits per heavy atom. The summed E-state index contributed by atoms with van der Waals surface area (Å²) in [7, 11) is 1.78. The summed E-state index contributed by atoms with van der Waals surface area (Å²) < 4.78 is 0. The van der Waals surface area contributed by atoms with Gasteiger partial charge in [-0.1, -0.05) is 54.4 Å².